The summed E-state index contributed by atoms with van der Waals surface area (Å²) in [5, 5.41) is 28.0. The molecular formula is C44H62N8O7. The van der Waals surface area contributed by atoms with E-state index in [1.54, 1.807) is 14.2 Å². The van der Waals surface area contributed by atoms with Gasteiger partial charge in [0.05, 0.1) is 54.1 Å². The molecule has 8 atom stereocenters. The van der Waals surface area contributed by atoms with Crippen molar-refractivity contribution in [1.82, 2.24) is 40.4 Å². The van der Waals surface area contributed by atoms with Gasteiger partial charge in [-0.25, -0.2) is 9.97 Å². The zero-order chi connectivity index (χ0) is 42.0. The van der Waals surface area contributed by atoms with Crippen molar-refractivity contribution >= 4 is 5.91 Å². The number of carbonyl (C=O) groups excluding carboxylic acids is 1. The number of nitrogens with zero attached hydrogens (tertiary/aromatic N) is 4. The van der Waals surface area contributed by atoms with Gasteiger partial charge in [0.25, 0.3) is 0 Å². The Balaban J connectivity index is 1.06. The first-order valence-corrected chi connectivity index (χ1v) is 20.9. The topological polar surface area (TPSA) is 182 Å². The van der Waals surface area contributed by atoms with Gasteiger partial charge in [0, 0.05) is 45.9 Å². The number of ether oxygens (including phenoxy) is 4. The summed E-state index contributed by atoms with van der Waals surface area (Å²) in [5.74, 6) is 2.70. The molecule has 0 aliphatic carbocycles. The van der Waals surface area contributed by atoms with Gasteiger partial charge in [-0.3, -0.25) is 20.3 Å². The number of benzene rings is 2. The van der Waals surface area contributed by atoms with Crippen molar-refractivity contribution in [2.45, 2.75) is 104 Å². The molecule has 6 N–H and O–H groups in total. The van der Waals surface area contributed by atoms with Crippen molar-refractivity contribution in [3.8, 4) is 39.4 Å². The zero-order valence-electron chi connectivity index (χ0n) is 35.6. The number of rotatable bonds is 17. The predicted molar refractivity (Wildman–Crippen MR) is 224 cm³/mol. The Morgan fingerprint density at radius 1 is 0.932 bits per heavy atom. The highest BCUT2D eigenvalue weighted by Gasteiger charge is 2.42. The van der Waals surface area contributed by atoms with E-state index in [1.807, 2.05) is 45.7 Å². The maximum absolute atomic E-state index is 14.0. The maximum Gasteiger partial charge on any atom is 0.240 e. The molecule has 1 amide bonds. The first-order valence-electron chi connectivity index (χ1n) is 20.9. The Morgan fingerprint density at radius 3 is 2.37 bits per heavy atom. The van der Waals surface area contributed by atoms with Crippen LogP contribution in [-0.2, 0) is 25.6 Å². The number of aliphatic hydroxyl groups excluding tert-OH is 2. The highest BCUT2D eigenvalue weighted by Crippen LogP contribution is 2.42. The first-order chi connectivity index (χ1) is 28.4. The van der Waals surface area contributed by atoms with E-state index >= 15 is 0 Å². The van der Waals surface area contributed by atoms with Crippen molar-refractivity contribution in [2.24, 2.45) is 17.8 Å². The fraction of sp³-hybridized carbons (Fsp3) is 0.568. The van der Waals surface area contributed by atoms with Crippen molar-refractivity contribution in [1.29, 1.82) is 0 Å². The van der Waals surface area contributed by atoms with Gasteiger partial charge >= 0.3 is 0 Å². The maximum atomic E-state index is 14.0. The Morgan fingerprint density at radius 2 is 1.68 bits per heavy atom. The van der Waals surface area contributed by atoms with Gasteiger partial charge in [-0.1, -0.05) is 58.0 Å². The molecule has 3 aliphatic rings. The van der Waals surface area contributed by atoms with Gasteiger partial charge in [-0.2, -0.15) is 0 Å². The number of aliphatic hydroxyl groups is 2. The van der Waals surface area contributed by atoms with Crippen LogP contribution in [0.15, 0.2) is 48.7 Å². The van der Waals surface area contributed by atoms with E-state index in [9.17, 15) is 15.0 Å². The summed E-state index contributed by atoms with van der Waals surface area (Å²) in [6.07, 6.45) is 2.10. The minimum absolute atomic E-state index is 0.0391. The molecule has 15 nitrogen and oxygen atoms in total. The summed E-state index contributed by atoms with van der Waals surface area (Å²) < 4.78 is 22.3. The van der Waals surface area contributed by atoms with Gasteiger partial charge in [-0.05, 0) is 66.8 Å². The van der Waals surface area contributed by atoms with Crippen LogP contribution in [0.25, 0.3) is 33.6 Å². The minimum atomic E-state index is -1.17. The molecule has 0 saturated carbocycles. The summed E-state index contributed by atoms with van der Waals surface area (Å²) in [5.41, 5.74) is 6.64. The van der Waals surface area contributed by atoms with E-state index in [2.05, 4.69) is 68.0 Å². The van der Waals surface area contributed by atoms with E-state index < -0.39 is 24.7 Å². The van der Waals surface area contributed by atoms with Crippen LogP contribution in [0.5, 0.6) is 5.75 Å². The number of H-pyrrole nitrogens is 2. The number of hydrogen-bond acceptors (Lipinski definition) is 12. The van der Waals surface area contributed by atoms with Crippen LogP contribution in [0.2, 0.25) is 0 Å². The van der Waals surface area contributed by atoms with Crippen LogP contribution in [-0.4, -0.2) is 118 Å². The molecular weight excluding hydrogens is 753 g/mol. The number of imidazole rings is 2. The number of aromatic nitrogens is 4. The average molecular weight is 815 g/mol. The van der Waals surface area contributed by atoms with Crippen LogP contribution in [0, 0.1) is 17.8 Å². The van der Waals surface area contributed by atoms with Gasteiger partial charge < -0.3 is 44.0 Å². The van der Waals surface area contributed by atoms with Crippen molar-refractivity contribution in [2.75, 3.05) is 41.0 Å². The molecule has 5 heterocycles. The lowest BCUT2D eigenvalue weighted by Crippen LogP contribution is -2.55. The van der Waals surface area contributed by atoms with Crippen molar-refractivity contribution in [3.63, 3.8) is 0 Å². The molecule has 4 aromatic rings. The quantitative estimate of drug-likeness (QED) is 0.0772. The second-order valence-electron chi connectivity index (χ2n) is 16.9. The lowest BCUT2D eigenvalue weighted by Gasteiger charge is -2.37. The predicted octanol–water partition coefficient (Wildman–Crippen LogP) is 5.16. The van der Waals surface area contributed by atoms with Crippen LogP contribution in [0.3, 0.4) is 0 Å². The summed E-state index contributed by atoms with van der Waals surface area (Å²) in [7, 11) is 4.76. The van der Waals surface area contributed by atoms with Gasteiger partial charge in [0.2, 0.25) is 12.3 Å². The van der Waals surface area contributed by atoms with E-state index in [1.165, 1.54) is 7.11 Å². The molecule has 15 heteroatoms. The number of fused-ring (bicyclic) bond motifs is 3. The monoisotopic (exact) mass is 814 g/mol. The SMILES string of the molecule is COCC1CC(c2ncc(-c3ccc(-c4ccc5c(c4)OCc4[nH]c(C6CCCN6C(O)C(NC(O)OC)C(C)C)nc4-5)cc3)[nH]2)N(C(=O)C(NC(C)OC)C(C)C)C1. The van der Waals surface area contributed by atoms with Gasteiger partial charge in [0.1, 0.15) is 36.5 Å². The molecule has 0 bridgehead atoms. The summed E-state index contributed by atoms with van der Waals surface area (Å²) in [6.45, 7) is 12.3. The number of aromatic amines is 2. The molecule has 8 unspecified atom stereocenters. The number of likely N-dealkylation sites (tertiary alicyclic amines) is 2. The highest BCUT2D eigenvalue weighted by molar-refractivity contribution is 5.83. The van der Waals surface area contributed by atoms with E-state index in [0.717, 1.165) is 76.0 Å². The molecule has 320 valence electrons. The smallest absolute Gasteiger partial charge is 0.240 e. The van der Waals surface area contributed by atoms with Crippen LogP contribution in [0.1, 0.15) is 83.3 Å². The number of nitrogens with one attached hydrogen (secondary N) is 4. The van der Waals surface area contributed by atoms with Gasteiger partial charge in [-0.15, -0.1) is 0 Å². The largest absolute Gasteiger partial charge is 0.487 e. The zero-order valence-corrected chi connectivity index (χ0v) is 35.6. The van der Waals surface area contributed by atoms with Crippen LogP contribution in [0.4, 0.5) is 0 Å². The number of amides is 1. The third-order valence-corrected chi connectivity index (χ3v) is 12.2. The molecule has 2 fully saturated rings. The molecule has 0 spiro atoms. The minimum Gasteiger partial charge on any atom is -0.487 e. The second kappa shape index (κ2) is 18.6. The Hall–Kier alpha value is -4.19. The number of carbonyl (C=O) groups is 1. The Kier molecular flexibility index (Phi) is 13.5. The molecule has 3 aliphatic heterocycles. The molecule has 2 aromatic heterocycles. The molecule has 7 rings (SSSR count). The third-order valence-electron chi connectivity index (χ3n) is 12.2. The van der Waals surface area contributed by atoms with Gasteiger partial charge in [0.15, 0.2) is 0 Å². The number of methoxy groups -OCH3 is 3. The highest BCUT2D eigenvalue weighted by atomic mass is 16.6. The van der Waals surface area contributed by atoms with Crippen molar-refractivity contribution in [3.05, 3.63) is 66.0 Å². The summed E-state index contributed by atoms with van der Waals surface area (Å²) >= 11 is 0. The van der Waals surface area contributed by atoms with E-state index in [4.69, 9.17) is 28.9 Å². The lowest BCUT2D eigenvalue weighted by atomic mass is 9.99. The van der Waals surface area contributed by atoms with E-state index in [-0.39, 0.29) is 42.0 Å². The lowest BCUT2D eigenvalue weighted by molar-refractivity contribution is -0.137. The fourth-order valence-electron chi connectivity index (χ4n) is 8.87. The molecule has 2 aromatic carbocycles. The molecule has 2 saturated heterocycles. The average Bonchev–Trinajstić information content (AvgIpc) is 4.07. The number of hydrogen-bond donors (Lipinski definition) is 6. The Labute approximate surface area is 347 Å². The van der Waals surface area contributed by atoms with E-state index in [0.29, 0.717) is 26.3 Å². The fourth-order valence-corrected chi connectivity index (χ4v) is 8.87. The van der Waals surface area contributed by atoms with Crippen LogP contribution >= 0.6 is 0 Å². The molecule has 0 radical (unpaired) electrons. The first kappa shape index (κ1) is 42.9. The summed E-state index contributed by atoms with van der Waals surface area (Å²) in [6, 6.07) is 13.5. The second-order valence-corrected chi connectivity index (χ2v) is 16.9. The third kappa shape index (κ3) is 9.13. The standard InChI is InChI=1S/C44H62N8O7/c1-24(2)37(46-26(5)57-7)43(54)52-21-27(22-56-6)18-35(52)40-45-20-32(47-40)29-13-11-28(12-14-29)30-15-16-31-36(19-30)59-23-33-39(31)49-41(48-33)34-10-9-17-51(34)42(53)38(25(3)4)50-44(55)58-8/h11-16,19-20,24-27,34-35,37-38,42,44,46,50,53,55H,9-10,17-18,21-23H2,1-8H3,(H,45,47)(H,48,49). The molecule has 59 heavy (non-hydrogen) atoms. The summed E-state index contributed by atoms with van der Waals surface area (Å²) in [4.78, 5) is 35.0. The van der Waals surface area contributed by atoms with Crippen LogP contribution < -0.4 is 15.4 Å². The Bertz CT molecular complexity index is 2020. The van der Waals surface area contributed by atoms with Crippen molar-refractivity contribution < 1.29 is 34.0 Å². The normalized spacial score (nSPS) is 22.0.